The second kappa shape index (κ2) is 6.78. The van der Waals surface area contributed by atoms with E-state index in [1.54, 1.807) is 0 Å². The van der Waals surface area contributed by atoms with E-state index in [-0.39, 0.29) is 5.75 Å². The van der Waals surface area contributed by atoms with Gasteiger partial charge < -0.3 is 4.18 Å². The van der Waals surface area contributed by atoms with Gasteiger partial charge in [-0.05, 0) is 24.3 Å². The van der Waals surface area contributed by atoms with Crippen molar-refractivity contribution in [3.05, 3.63) is 28.7 Å². The molecule has 0 radical (unpaired) electrons. The maximum Gasteiger partial charge on any atom is 0.461 e. The molecular weight excluding hydrogens is 473 g/mol. The third kappa shape index (κ3) is 4.71. The molecule has 0 heterocycles. The number of benzene rings is 1. The number of hydrogen-bond donors (Lipinski definition) is 0. The fourth-order valence-electron chi connectivity index (χ4n) is 1.32. The molecule has 0 atom stereocenters. The number of hydrogen-bond acceptors (Lipinski definition) is 4. The Bertz CT molecular complexity index is 717. The number of rotatable bonds is 6. The Kier molecular flexibility index (Phi) is 6.05. The van der Waals surface area contributed by atoms with Crippen molar-refractivity contribution in [1.82, 2.24) is 0 Å². The fraction of sp³-hybridized carbons (Fsp3) is 0.455. The van der Waals surface area contributed by atoms with Crippen molar-refractivity contribution in [3.8, 4) is 5.75 Å². The molecule has 14 heteroatoms. The van der Waals surface area contributed by atoms with Gasteiger partial charge in [-0.2, -0.15) is 39.2 Å². The summed E-state index contributed by atoms with van der Waals surface area (Å²) in [6.07, 6.45) is -5.15. The molecular formula is C11H10BrF7O4S2. The predicted molar refractivity (Wildman–Crippen MR) is 80.2 cm³/mol. The van der Waals surface area contributed by atoms with E-state index in [0.29, 0.717) is 4.47 Å². The highest BCUT2D eigenvalue weighted by atomic mass is 79.9. The summed E-state index contributed by atoms with van der Waals surface area (Å²) >= 11 is 3.08. The predicted octanol–water partition coefficient (Wildman–Crippen LogP) is 4.86. The van der Waals surface area contributed by atoms with Crippen molar-refractivity contribution in [3.63, 3.8) is 0 Å². The van der Waals surface area contributed by atoms with E-state index >= 15 is 0 Å². The third-order valence-electron chi connectivity index (χ3n) is 2.40. The van der Waals surface area contributed by atoms with Gasteiger partial charge in [-0.25, -0.2) is 0 Å². The van der Waals surface area contributed by atoms with Gasteiger partial charge in [0.15, 0.2) is 5.75 Å². The molecule has 0 aromatic heterocycles. The maximum absolute atomic E-state index is 13.4. The second-order valence-corrected chi connectivity index (χ2v) is 10.1. The molecule has 0 aliphatic heterocycles. The standard InChI is InChI=1S/C11H10BrF7O4S2/c1-24(2,22-8-5-3-7(12)4-6-8)23-25(20,21)11(18,19)9(13,14)10(15,16)17/h3-6H,1-2H3. The smallest absolute Gasteiger partial charge is 0.391 e. The third-order valence-corrected chi connectivity index (χ3v) is 6.43. The first-order chi connectivity index (χ1) is 10.9. The summed E-state index contributed by atoms with van der Waals surface area (Å²) < 4.78 is 121. The topological polar surface area (TPSA) is 52.6 Å². The lowest BCUT2D eigenvalue weighted by molar-refractivity contribution is -0.333. The zero-order chi connectivity index (χ0) is 19.9. The van der Waals surface area contributed by atoms with Gasteiger partial charge >= 0.3 is 27.5 Å². The van der Waals surface area contributed by atoms with Crippen LogP contribution in [0.2, 0.25) is 0 Å². The van der Waals surface area contributed by atoms with Crippen LogP contribution in [-0.4, -0.2) is 38.3 Å². The van der Waals surface area contributed by atoms with E-state index in [1.807, 2.05) is 0 Å². The highest BCUT2D eigenvalue weighted by Gasteiger charge is 2.79. The molecule has 1 aromatic rings. The van der Waals surface area contributed by atoms with Gasteiger partial charge in [0.2, 0.25) is 0 Å². The molecule has 0 fully saturated rings. The zero-order valence-electron chi connectivity index (χ0n) is 12.3. The minimum atomic E-state index is -6.86. The fourth-order valence-corrected chi connectivity index (χ4v) is 4.76. The molecule has 4 nitrogen and oxygen atoms in total. The van der Waals surface area contributed by atoms with Crippen LogP contribution in [-0.2, 0) is 13.7 Å². The van der Waals surface area contributed by atoms with E-state index in [1.165, 1.54) is 24.3 Å². The van der Waals surface area contributed by atoms with Crippen LogP contribution in [0.25, 0.3) is 0 Å². The van der Waals surface area contributed by atoms with Crippen LogP contribution >= 0.6 is 26.5 Å². The Morgan fingerprint density at radius 3 is 1.76 bits per heavy atom. The lowest BCUT2D eigenvalue weighted by atomic mass is 10.3. The Morgan fingerprint density at radius 1 is 0.920 bits per heavy atom. The van der Waals surface area contributed by atoms with E-state index in [0.717, 1.165) is 12.5 Å². The summed E-state index contributed by atoms with van der Waals surface area (Å²) in [7, 11) is -10.2. The Labute approximate surface area is 148 Å². The van der Waals surface area contributed by atoms with Crippen molar-refractivity contribution in [2.24, 2.45) is 0 Å². The molecule has 1 rings (SSSR count). The average molecular weight is 483 g/mol. The van der Waals surface area contributed by atoms with Gasteiger partial charge in [0, 0.05) is 17.0 Å². The number of alkyl halides is 7. The normalized spacial score (nSPS) is 15.1. The summed E-state index contributed by atoms with van der Waals surface area (Å²) in [5, 5.41) is -6.55. The molecule has 0 saturated heterocycles. The molecule has 0 spiro atoms. The van der Waals surface area contributed by atoms with Crippen molar-refractivity contribution in [1.29, 1.82) is 0 Å². The Morgan fingerprint density at radius 2 is 1.36 bits per heavy atom. The molecule has 0 N–H and O–H groups in total. The molecule has 0 amide bonds. The van der Waals surface area contributed by atoms with Gasteiger partial charge in [0.1, 0.15) is 0 Å². The summed E-state index contributed by atoms with van der Waals surface area (Å²) in [5.41, 5.74) is 0. The number of halogens is 8. The van der Waals surface area contributed by atoms with Crippen molar-refractivity contribution in [2.45, 2.75) is 17.4 Å². The Balaban J connectivity index is 3.11. The summed E-state index contributed by atoms with van der Waals surface area (Å²) in [4.78, 5) is 0. The van der Waals surface area contributed by atoms with Crippen LogP contribution in [0.4, 0.5) is 30.7 Å². The lowest BCUT2D eigenvalue weighted by Crippen LogP contribution is -2.56. The first-order valence-corrected chi connectivity index (χ1v) is 10.4. The minimum Gasteiger partial charge on any atom is -0.391 e. The van der Waals surface area contributed by atoms with E-state index < -0.39 is 38.1 Å². The van der Waals surface area contributed by atoms with E-state index in [4.69, 9.17) is 4.18 Å². The summed E-state index contributed by atoms with van der Waals surface area (Å²) in [6, 6.07) is 5.37. The highest BCUT2D eigenvalue weighted by Crippen LogP contribution is 2.54. The van der Waals surface area contributed by atoms with Gasteiger partial charge in [-0.1, -0.05) is 15.9 Å². The van der Waals surface area contributed by atoms with Crippen LogP contribution in [0.15, 0.2) is 28.7 Å². The Hall–Kier alpha value is -0.730. The molecule has 0 bridgehead atoms. The average Bonchev–Trinajstić information content (AvgIpc) is 2.38. The SMILES string of the molecule is CS(C)(Oc1ccc(Br)cc1)OS(=O)(=O)C(F)(F)C(F)(F)C(F)(F)F. The summed E-state index contributed by atoms with van der Waals surface area (Å²) in [5.74, 6) is -6.93. The van der Waals surface area contributed by atoms with Crippen LogP contribution in [0.3, 0.4) is 0 Å². The summed E-state index contributed by atoms with van der Waals surface area (Å²) in [6.45, 7) is 0. The monoisotopic (exact) mass is 482 g/mol. The second-order valence-electron chi connectivity index (χ2n) is 4.79. The van der Waals surface area contributed by atoms with Crippen LogP contribution in [0.1, 0.15) is 0 Å². The lowest BCUT2D eigenvalue weighted by Gasteiger charge is -2.36. The molecule has 0 aliphatic rings. The highest BCUT2D eigenvalue weighted by molar-refractivity contribution is 9.10. The van der Waals surface area contributed by atoms with E-state index in [2.05, 4.69) is 19.6 Å². The molecule has 25 heavy (non-hydrogen) atoms. The van der Waals surface area contributed by atoms with Gasteiger partial charge in [0.25, 0.3) is 0 Å². The zero-order valence-corrected chi connectivity index (χ0v) is 15.5. The van der Waals surface area contributed by atoms with Crippen LogP contribution in [0.5, 0.6) is 5.75 Å². The van der Waals surface area contributed by atoms with Gasteiger partial charge in [-0.15, -0.1) is 14.2 Å². The van der Waals surface area contributed by atoms with Crippen molar-refractivity contribution in [2.75, 3.05) is 12.5 Å². The molecule has 0 unspecified atom stereocenters. The largest absolute Gasteiger partial charge is 0.461 e. The van der Waals surface area contributed by atoms with Gasteiger partial charge in [-0.3, -0.25) is 0 Å². The van der Waals surface area contributed by atoms with Crippen molar-refractivity contribution < 1.29 is 47.0 Å². The molecule has 146 valence electrons. The van der Waals surface area contributed by atoms with E-state index in [9.17, 15) is 39.2 Å². The quantitative estimate of drug-likeness (QED) is 0.543. The first kappa shape index (κ1) is 22.3. The molecule has 1 aromatic carbocycles. The molecule has 0 aliphatic carbocycles. The first-order valence-electron chi connectivity index (χ1n) is 5.89. The molecule has 0 saturated carbocycles. The van der Waals surface area contributed by atoms with Crippen LogP contribution in [0, 0.1) is 0 Å². The minimum absolute atomic E-state index is 0.0794. The van der Waals surface area contributed by atoms with Crippen LogP contribution < -0.4 is 4.18 Å². The van der Waals surface area contributed by atoms with Crippen molar-refractivity contribution >= 4 is 36.6 Å². The van der Waals surface area contributed by atoms with Gasteiger partial charge in [0.05, 0.1) is 0 Å². The maximum atomic E-state index is 13.4.